The molecule has 0 aromatic heterocycles. The van der Waals surface area contributed by atoms with Crippen LogP contribution in [0.4, 0.5) is 0 Å². The first-order chi connectivity index (χ1) is 13.1. The summed E-state index contributed by atoms with van der Waals surface area (Å²) in [6.07, 6.45) is 0.652. The summed E-state index contributed by atoms with van der Waals surface area (Å²) in [7, 11) is 1.61. The maximum absolute atomic E-state index is 12.8. The molecule has 0 unspecified atom stereocenters. The molecule has 0 aliphatic carbocycles. The van der Waals surface area contributed by atoms with Crippen LogP contribution in [0.1, 0.15) is 23.1 Å². The van der Waals surface area contributed by atoms with Gasteiger partial charge in [-0.05, 0) is 24.1 Å². The number of benzene rings is 2. The van der Waals surface area contributed by atoms with Crippen LogP contribution in [0.2, 0.25) is 0 Å². The van der Waals surface area contributed by atoms with Gasteiger partial charge >= 0.3 is 0 Å². The molecule has 0 atom stereocenters. The lowest BCUT2D eigenvalue weighted by atomic mass is 10.1. The summed E-state index contributed by atoms with van der Waals surface area (Å²) < 4.78 is 5.34. The van der Waals surface area contributed by atoms with Gasteiger partial charge in [-0.15, -0.1) is 0 Å². The van der Waals surface area contributed by atoms with Crippen molar-refractivity contribution in [2.45, 2.75) is 26.3 Å². The average molecular weight is 366 g/mol. The molecule has 0 radical (unpaired) electrons. The normalized spacial score (nSPS) is 14.8. The highest BCUT2D eigenvalue weighted by atomic mass is 16.5. The largest absolute Gasteiger partial charge is 0.496 e. The molecule has 1 heterocycles. The van der Waals surface area contributed by atoms with E-state index in [0.29, 0.717) is 32.6 Å². The fraction of sp³-hybridized carbons (Fsp3) is 0.364. The number of carbonyl (C=O) groups excluding carboxylic acids is 2. The van der Waals surface area contributed by atoms with Gasteiger partial charge in [0.15, 0.2) is 0 Å². The number of aryl methyl sites for hydroxylation is 1. The van der Waals surface area contributed by atoms with Crippen molar-refractivity contribution in [3.8, 4) is 5.75 Å². The van der Waals surface area contributed by atoms with E-state index in [2.05, 4.69) is 19.1 Å². The molecular formula is C22H26N2O3. The fourth-order valence-electron chi connectivity index (χ4n) is 3.40. The van der Waals surface area contributed by atoms with Crippen LogP contribution in [0.3, 0.4) is 0 Å². The zero-order valence-corrected chi connectivity index (χ0v) is 16.0. The van der Waals surface area contributed by atoms with E-state index < -0.39 is 0 Å². The summed E-state index contributed by atoms with van der Waals surface area (Å²) in [6, 6.07) is 15.7. The van der Waals surface area contributed by atoms with E-state index in [0.717, 1.165) is 16.9 Å². The summed E-state index contributed by atoms with van der Waals surface area (Å²) in [5.74, 6) is 0.855. The van der Waals surface area contributed by atoms with Gasteiger partial charge in [-0.25, -0.2) is 0 Å². The van der Waals surface area contributed by atoms with Gasteiger partial charge in [0.2, 0.25) is 11.8 Å². The third kappa shape index (κ3) is 4.67. The molecule has 1 saturated heterocycles. The van der Waals surface area contributed by atoms with Gasteiger partial charge in [-0.1, -0.05) is 42.5 Å². The lowest BCUT2D eigenvalue weighted by molar-refractivity contribution is -0.130. The molecule has 5 heteroatoms. The van der Waals surface area contributed by atoms with Crippen molar-refractivity contribution < 1.29 is 14.3 Å². The van der Waals surface area contributed by atoms with Crippen LogP contribution in [0, 0.1) is 6.92 Å². The standard InChI is InChI=1S/C22H26N2O3/c1-17-7-3-4-9-19(17)16-24-14-13-23(12-11-21(24)25)22(26)15-18-8-5-6-10-20(18)27-2/h3-10H,11-16H2,1-2H3. The van der Waals surface area contributed by atoms with Gasteiger partial charge in [0.25, 0.3) is 0 Å². The van der Waals surface area contributed by atoms with E-state index in [-0.39, 0.29) is 18.2 Å². The number of rotatable bonds is 5. The van der Waals surface area contributed by atoms with Crippen LogP contribution in [-0.2, 0) is 22.6 Å². The Balaban J connectivity index is 1.64. The van der Waals surface area contributed by atoms with Crippen LogP contribution in [0.15, 0.2) is 48.5 Å². The van der Waals surface area contributed by atoms with E-state index in [1.807, 2.05) is 41.3 Å². The molecule has 2 aromatic carbocycles. The monoisotopic (exact) mass is 366 g/mol. The van der Waals surface area contributed by atoms with E-state index in [1.54, 1.807) is 12.0 Å². The number of amides is 2. The molecule has 0 bridgehead atoms. The first-order valence-corrected chi connectivity index (χ1v) is 9.30. The first-order valence-electron chi connectivity index (χ1n) is 9.30. The second-order valence-corrected chi connectivity index (χ2v) is 6.86. The Bertz CT molecular complexity index is 819. The highest BCUT2D eigenvalue weighted by Gasteiger charge is 2.24. The molecule has 5 nitrogen and oxygen atoms in total. The second kappa shape index (κ2) is 8.71. The van der Waals surface area contributed by atoms with Crippen LogP contribution >= 0.6 is 0 Å². The van der Waals surface area contributed by atoms with E-state index >= 15 is 0 Å². The van der Waals surface area contributed by atoms with E-state index in [4.69, 9.17) is 4.74 Å². The third-order valence-electron chi connectivity index (χ3n) is 5.10. The zero-order valence-electron chi connectivity index (χ0n) is 16.0. The Morgan fingerprint density at radius 2 is 1.70 bits per heavy atom. The summed E-state index contributed by atoms with van der Waals surface area (Å²) in [6.45, 7) is 4.24. The van der Waals surface area contributed by atoms with Crippen molar-refractivity contribution >= 4 is 11.8 Å². The molecule has 2 aromatic rings. The molecule has 0 saturated carbocycles. The number of ether oxygens (including phenoxy) is 1. The van der Waals surface area contributed by atoms with Crippen molar-refractivity contribution in [1.82, 2.24) is 9.80 Å². The van der Waals surface area contributed by atoms with Crippen molar-refractivity contribution in [3.05, 3.63) is 65.2 Å². The number of nitrogens with zero attached hydrogens (tertiary/aromatic N) is 2. The molecule has 3 rings (SSSR count). The Morgan fingerprint density at radius 1 is 1.00 bits per heavy atom. The minimum atomic E-state index is 0.0324. The molecule has 2 amide bonds. The Kier molecular flexibility index (Phi) is 6.12. The smallest absolute Gasteiger partial charge is 0.227 e. The molecule has 1 aliphatic rings. The van der Waals surface area contributed by atoms with Gasteiger partial charge in [0.05, 0.1) is 13.5 Å². The lowest BCUT2D eigenvalue weighted by Crippen LogP contribution is -2.36. The van der Waals surface area contributed by atoms with Crippen molar-refractivity contribution in [2.24, 2.45) is 0 Å². The molecule has 0 spiro atoms. The molecule has 27 heavy (non-hydrogen) atoms. The predicted molar refractivity (Wildman–Crippen MR) is 104 cm³/mol. The molecule has 0 N–H and O–H groups in total. The summed E-state index contributed by atoms with van der Waals surface area (Å²) in [5, 5.41) is 0. The Labute approximate surface area is 160 Å². The van der Waals surface area contributed by atoms with Gasteiger partial charge in [-0.3, -0.25) is 9.59 Å². The topological polar surface area (TPSA) is 49.9 Å². The Hall–Kier alpha value is -2.82. The van der Waals surface area contributed by atoms with E-state index in [1.165, 1.54) is 5.56 Å². The van der Waals surface area contributed by atoms with Gasteiger partial charge in [0.1, 0.15) is 5.75 Å². The van der Waals surface area contributed by atoms with Crippen LogP contribution < -0.4 is 4.74 Å². The highest BCUT2D eigenvalue weighted by Crippen LogP contribution is 2.19. The Morgan fingerprint density at radius 3 is 2.44 bits per heavy atom. The van der Waals surface area contributed by atoms with Crippen molar-refractivity contribution in [1.29, 1.82) is 0 Å². The maximum Gasteiger partial charge on any atom is 0.227 e. The third-order valence-corrected chi connectivity index (χ3v) is 5.10. The van der Waals surface area contributed by atoms with Crippen LogP contribution in [0.5, 0.6) is 5.75 Å². The molecule has 142 valence electrons. The van der Waals surface area contributed by atoms with Gasteiger partial charge in [-0.2, -0.15) is 0 Å². The molecule has 1 aliphatic heterocycles. The second-order valence-electron chi connectivity index (χ2n) is 6.86. The zero-order chi connectivity index (χ0) is 19.2. The van der Waals surface area contributed by atoms with Gasteiger partial charge < -0.3 is 14.5 Å². The number of hydrogen-bond donors (Lipinski definition) is 0. The summed E-state index contributed by atoms with van der Waals surface area (Å²) >= 11 is 0. The maximum atomic E-state index is 12.8. The highest BCUT2D eigenvalue weighted by molar-refractivity contribution is 5.82. The van der Waals surface area contributed by atoms with Crippen molar-refractivity contribution in [3.63, 3.8) is 0 Å². The predicted octanol–water partition coefficient (Wildman–Crippen LogP) is 2.81. The summed E-state index contributed by atoms with van der Waals surface area (Å²) in [5.41, 5.74) is 3.20. The molecular weight excluding hydrogens is 340 g/mol. The number of para-hydroxylation sites is 1. The SMILES string of the molecule is COc1ccccc1CC(=O)N1CCC(=O)N(Cc2ccccc2C)CC1. The quantitative estimate of drug-likeness (QED) is 0.818. The van der Waals surface area contributed by atoms with Crippen LogP contribution in [0.25, 0.3) is 0 Å². The fourth-order valence-corrected chi connectivity index (χ4v) is 3.40. The minimum Gasteiger partial charge on any atom is -0.496 e. The summed E-state index contributed by atoms with van der Waals surface area (Å²) in [4.78, 5) is 28.9. The van der Waals surface area contributed by atoms with E-state index in [9.17, 15) is 9.59 Å². The lowest BCUT2D eigenvalue weighted by Gasteiger charge is -2.23. The van der Waals surface area contributed by atoms with Crippen LogP contribution in [-0.4, -0.2) is 48.4 Å². The first kappa shape index (κ1) is 19.0. The number of hydrogen-bond acceptors (Lipinski definition) is 3. The molecule has 1 fully saturated rings. The average Bonchev–Trinajstić information content (AvgIpc) is 2.86. The van der Waals surface area contributed by atoms with Crippen molar-refractivity contribution in [2.75, 3.05) is 26.7 Å². The number of methoxy groups -OCH3 is 1. The number of carbonyl (C=O) groups is 2. The van der Waals surface area contributed by atoms with Gasteiger partial charge in [0, 0.05) is 38.2 Å². The minimum absolute atomic E-state index is 0.0324.